The summed E-state index contributed by atoms with van der Waals surface area (Å²) in [4.78, 5) is 30.2. The minimum absolute atomic E-state index is 0.0277. The van der Waals surface area contributed by atoms with Gasteiger partial charge in [-0.3, -0.25) is 9.59 Å². The Morgan fingerprint density at radius 1 is 1.08 bits per heavy atom. The van der Waals surface area contributed by atoms with Crippen LogP contribution in [0.5, 0.6) is 0 Å². The Labute approximate surface area is 152 Å². The molecule has 2 amide bonds. The van der Waals surface area contributed by atoms with Crippen LogP contribution in [0.25, 0.3) is 11.0 Å². The predicted octanol–water partition coefficient (Wildman–Crippen LogP) is 2.38. The number of hydrogen-bond donors (Lipinski definition) is 1. The minimum atomic E-state index is -0.0763. The Bertz CT molecular complexity index is 918. The molecule has 26 heavy (non-hydrogen) atoms. The van der Waals surface area contributed by atoms with Crippen molar-refractivity contribution in [3.05, 3.63) is 60.4 Å². The zero-order valence-electron chi connectivity index (χ0n) is 15.0. The van der Waals surface area contributed by atoms with Crippen molar-refractivity contribution in [2.45, 2.75) is 19.9 Å². The van der Waals surface area contributed by atoms with Crippen molar-refractivity contribution in [2.75, 3.05) is 18.5 Å². The molecule has 6 nitrogen and oxygen atoms in total. The van der Waals surface area contributed by atoms with Crippen LogP contribution < -0.4 is 10.2 Å². The first-order chi connectivity index (χ1) is 12.6. The molecular formula is C20H22N4O2. The number of carbonyl (C=O) groups excluding carboxylic acids is 2. The summed E-state index contributed by atoms with van der Waals surface area (Å²) in [6.45, 7) is 2.17. The van der Waals surface area contributed by atoms with Gasteiger partial charge in [0, 0.05) is 32.6 Å². The monoisotopic (exact) mass is 350 g/mol. The van der Waals surface area contributed by atoms with Crippen molar-refractivity contribution < 1.29 is 9.59 Å². The number of aromatic nitrogens is 2. The van der Waals surface area contributed by atoms with Gasteiger partial charge in [0.15, 0.2) is 0 Å². The maximum Gasteiger partial charge on any atom is 0.246 e. The van der Waals surface area contributed by atoms with Gasteiger partial charge < -0.3 is 14.8 Å². The molecule has 0 fully saturated rings. The molecule has 0 radical (unpaired) electrons. The molecule has 0 aliphatic heterocycles. The second kappa shape index (κ2) is 7.82. The number of likely N-dealkylation sites (N-methyl/N-ethyl adjacent to an activating group) is 1. The third-order valence-corrected chi connectivity index (χ3v) is 4.27. The third-order valence-electron chi connectivity index (χ3n) is 4.27. The van der Waals surface area contributed by atoms with Gasteiger partial charge in [-0.25, -0.2) is 4.98 Å². The number of hydrogen-bond acceptors (Lipinski definition) is 3. The largest absolute Gasteiger partial charge is 0.356 e. The van der Waals surface area contributed by atoms with Crippen molar-refractivity contribution >= 4 is 28.5 Å². The maximum atomic E-state index is 12.8. The van der Waals surface area contributed by atoms with E-state index >= 15 is 0 Å². The number of anilines is 1. The van der Waals surface area contributed by atoms with E-state index in [0.29, 0.717) is 13.0 Å². The molecule has 0 atom stereocenters. The number of amides is 2. The molecule has 3 aromatic rings. The number of nitrogens with one attached hydrogen (secondary N) is 1. The Morgan fingerprint density at radius 3 is 2.50 bits per heavy atom. The van der Waals surface area contributed by atoms with Crippen molar-refractivity contribution in [3.8, 4) is 0 Å². The number of imidazole rings is 1. The molecular weight excluding hydrogens is 328 g/mol. The normalized spacial score (nSPS) is 10.7. The number of nitrogens with zero attached hydrogens (tertiary/aromatic N) is 3. The number of benzene rings is 2. The van der Waals surface area contributed by atoms with Crippen molar-refractivity contribution in [1.29, 1.82) is 0 Å². The molecule has 1 heterocycles. The molecule has 134 valence electrons. The minimum Gasteiger partial charge on any atom is -0.356 e. The van der Waals surface area contributed by atoms with Crippen LogP contribution in [-0.4, -0.2) is 35.0 Å². The van der Waals surface area contributed by atoms with E-state index in [4.69, 9.17) is 0 Å². The van der Waals surface area contributed by atoms with Gasteiger partial charge >= 0.3 is 0 Å². The molecule has 0 aliphatic carbocycles. The Balaban J connectivity index is 1.85. The van der Waals surface area contributed by atoms with Crippen LogP contribution in [0.1, 0.15) is 12.7 Å². The second-order valence-electron chi connectivity index (χ2n) is 6.12. The molecule has 0 spiro atoms. The molecule has 1 N–H and O–H groups in total. The summed E-state index contributed by atoms with van der Waals surface area (Å²) in [6, 6.07) is 17.3. The van der Waals surface area contributed by atoms with Gasteiger partial charge in [-0.1, -0.05) is 30.3 Å². The van der Waals surface area contributed by atoms with Crippen LogP contribution >= 0.6 is 0 Å². The summed E-state index contributed by atoms with van der Waals surface area (Å²) >= 11 is 0. The highest BCUT2D eigenvalue weighted by Gasteiger charge is 2.16. The number of carbonyl (C=O) groups is 2. The van der Waals surface area contributed by atoms with E-state index in [9.17, 15) is 9.59 Å². The molecule has 0 bridgehead atoms. The second-order valence-corrected chi connectivity index (χ2v) is 6.12. The molecule has 0 saturated carbocycles. The average molecular weight is 350 g/mol. The Kier molecular flexibility index (Phi) is 5.31. The lowest BCUT2D eigenvalue weighted by Crippen LogP contribution is -2.31. The fourth-order valence-corrected chi connectivity index (χ4v) is 2.88. The van der Waals surface area contributed by atoms with Crippen LogP contribution in [0.3, 0.4) is 0 Å². The van der Waals surface area contributed by atoms with Crippen LogP contribution in [0.2, 0.25) is 0 Å². The third kappa shape index (κ3) is 3.91. The van der Waals surface area contributed by atoms with E-state index in [2.05, 4.69) is 10.3 Å². The molecule has 6 heteroatoms. The van der Waals surface area contributed by atoms with Gasteiger partial charge in [-0.05, 0) is 24.3 Å². The Hall–Kier alpha value is -3.15. The topological polar surface area (TPSA) is 67.2 Å². The summed E-state index contributed by atoms with van der Waals surface area (Å²) in [5.74, 6) is 0.683. The number of rotatable bonds is 6. The summed E-state index contributed by atoms with van der Waals surface area (Å²) in [5.41, 5.74) is 2.61. The summed E-state index contributed by atoms with van der Waals surface area (Å²) in [5, 5.41) is 2.78. The number of fused-ring (bicyclic) bond motifs is 1. The zero-order chi connectivity index (χ0) is 18.5. The first-order valence-electron chi connectivity index (χ1n) is 8.56. The molecule has 0 aliphatic rings. The van der Waals surface area contributed by atoms with E-state index in [1.54, 1.807) is 11.9 Å². The van der Waals surface area contributed by atoms with Crippen molar-refractivity contribution in [1.82, 2.24) is 14.9 Å². The van der Waals surface area contributed by atoms with E-state index in [1.807, 2.05) is 59.2 Å². The van der Waals surface area contributed by atoms with Crippen LogP contribution in [-0.2, 0) is 22.6 Å². The van der Waals surface area contributed by atoms with Gasteiger partial charge in [-0.15, -0.1) is 0 Å². The highest BCUT2D eigenvalue weighted by molar-refractivity contribution is 5.93. The smallest absolute Gasteiger partial charge is 0.246 e. The molecule has 2 aromatic carbocycles. The molecule has 0 saturated heterocycles. The van der Waals surface area contributed by atoms with E-state index < -0.39 is 0 Å². The maximum absolute atomic E-state index is 12.8. The standard InChI is InChI=1S/C20H22N4O2/c1-15(25)21-13-12-19-22-17-10-6-7-11-18(17)24(19)14-20(26)23(2)16-8-4-3-5-9-16/h3-11H,12-14H2,1-2H3,(H,21,25). The molecule has 1 aromatic heterocycles. The average Bonchev–Trinajstić information content (AvgIpc) is 2.99. The quantitative estimate of drug-likeness (QED) is 0.742. The summed E-state index contributed by atoms with van der Waals surface area (Å²) in [7, 11) is 1.77. The van der Waals surface area contributed by atoms with Crippen molar-refractivity contribution in [2.24, 2.45) is 0 Å². The fourth-order valence-electron chi connectivity index (χ4n) is 2.88. The SMILES string of the molecule is CC(=O)NCCc1nc2ccccc2n1CC(=O)N(C)c1ccccc1. The van der Waals surface area contributed by atoms with Gasteiger partial charge in [0.1, 0.15) is 12.4 Å². The van der Waals surface area contributed by atoms with Crippen LogP contribution in [0.15, 0.2) is 54.6 Å². The zero-order valence-corrected chi connectivity index (χ0v) is 15.0. The summed E-state index contributed by atoms with van der Waals surface area (Å²) < 4.78 is 1.93. The first-order valence-corrected chi connectivity index (χ1v) is 8.56. The number of para-hydroxylation sites is 3. The Morgan fingerprint density at radius 2 is 1.77 bits per heavy atom. The van der Waals surface area contributed by atoms with Gasteiger partial charge in [-0.2, -0.15) is 0 Å². The molecule has 0 unspecified atom stereocenters. The highest BCUT2D eigenvalue weighted by atomic mass is 16.2. The van der Waals surface area contributed by atoms with Crippen LogP contribution in [0.4, 0.5) is 5.69 Å². The summed E-state index contributed by atoms with van der Waals surface area (Å²) in [6.07, 6.45) is 0.566. The van der Waals surface area contributed by atoms with Gasteiger partial charge in [0.05, 0.1) is 11.0 Å². The van der Waals surface area contributed by atoms with Gasteiger partial charge in [0.2, 0.25) is 11.8 Å². The van der Waals surface area contributed by atoms with Crippen LogP contribution in [0, 0.1) is 0 Å². The highest BCUT2D eigenvalue weighted by Crippen LogP contribution is 2.18. The lowest BCUT2D eigenvalue weighted by atomic mass is 10.3. The van der Waals surface area contributed by atoms with E-state index in [0.717, 1.165) is 22.5 Å². The van der Waals surface area contributed by atoms with E-state index in [-0.39, 0.29) is 18.4 Å². The fraction of sp³-hybridized carbons (Fsp3) is 0.250. The first kappa shape index (κ1) is 17.7. The lowest BCUT2D eigenvalue weighted by molar-refractivity contribution is -0.119. The van der Waals surface area contributed by atoms with E-state index in [1.165, 1.54) is 6.92 Å². The van der Waals surface area contributed by atoms with Crippen molar-refractivity contribution in [3.63, 3.8) is 0 Å². The van der Waals surface area contributed by atoms with Gasteiger partial charge in [0.25, 0.3) is 0 Å². The predicted molar refractivity (Wildman–Crippen MR) is 102 cm³/mol. The lowest BCUT2D eigenvalue weighted by Gasteiger charge is -2.18. The molecule has 3 rings (SSSR count).